The predicted molar refractivity (Wildman–Crippen MR) is 97.0 cm³/mol. The van der Waals surface area contributed by atoms with E-state index in [9.17, 15) is 9.59 Å². The predicted octanol–water partition coefficient (Wildman–Crippen LogP) is 2.52. The highest BCUT2D eigenvalue weighted by Crippen LogP contribution is 2.15. The average Bonchev–Trinajstić information content (AvgIpc) is 2.60. The highest BCUT2D eigenvalue weighted by Gasteiger charge is 2.27. The van der Waals surface area contributed by atoms with Crippen molar-refractivity contribution in [3.63, 3.8) is 0 Å². The van der Waals surface area contributed by atoms with E-state index in [1.807, 2.05) is 24.3 Å². The number of anilines is 1. The lowest BCUT2D eigenvalue weighted by atomic mass is 10.0. The second-order valence-corrected chi connectivity index (χ2v) is 6.71. The van der Waals surface area contributed by atoms with Crippen LogP contribution in [0.25, 0.3) is 0 Å². The van der Waals surface area contributed by atoms with Crippen molar-refractivity contribution in [2.75, 3.05) is 32.5 Å². The third-order valence-corrected chi connectivity index (χ3v) is 4.78. The number of carbonyl (C=O) groups excluding carboxylic acids is 2. The normalized spacial score (nSPS) is 16.0. The quantitative estimate of drug-likeness (QED) is 0.844. The van der Waals surface area contributed by atoms with Gasteiger partial charge < -0.3 is 15.1 Å². The number of hydrogen-bond acceptors (Lipinski definition) is 3. The van der Waals surface area contributed by atoms with E-state index in [0.29, 0.717) is 5.69 Å². The van der Waals surface area contributed by atoms with Crippen molar-refractivity contribution in [1.29, 1.82) is 0 Å². The van der Waals surface area contributed by atoms with E-state index in [1.54, 1.807) is 11.9 Å². The summed E-state index contributed by atoms with van der Waals surface area (Å²) in [7, 11) is 3.81. The molecule has 24 heavy (non-hydrogen) atoms. The van der Waals surface area contributed by atoms with Crippen molar-refractivity contribution in [3.05, 3.63) is 29.8 Å². The molecular weight excluding hydrogens is 302 g/mol. The van der Waals surface area contributed by atoms with Crippen LogP contribution >= 0.6 is 0 Å². The number of rotatable bonds is 5. The summed E-state index contributed by atoms with van der Waals surface area (Å²) in [4.78, 5) is 28.4. The zero-order valence-corrected chi connectivity index (χ0v) is 15.0. The number of benzene rings is 1. The molecule has 1 N–H and O–H groups in total. The summed E-state index contributed by atoms with van der Waals surface area (Å²) < 4.78 is 0. The molecule has 0 saturated carbocycles. The lowest BCUT2D eigenvalue weighted by molar-refractivity contribution is -0.144. The molecule has 5 heteroatoms. The maximum absolute atomic E-state index is 12.3. The van der Waals surface area contributed by atoms with Gasteiger partial charge in [0.05, 0.1) is 0 Å². The fourth-order valence-electron chi connectivity index (χ4n) is 3.03. The maximum atomic E-state index is 12.3. The second kappa shape index (κ2) is 8.83. The maximum Gasteiger partial charge on any atom is 0.313 e. The Hall–Kier alpha value is -1.88. The zero-order chi connectivity index (χ0) is 17.5. The number of likely N-dealkylation sites (N-methyl/N-ethyl adjacent to an activating group) is 1. The van der Waals surface area contributed by atoms with Crippen molar-refractivity contribution in [3.8, 4) is 0 Å². The number of nitrogens with one attached hydrogen (secondary N) is 1. The number of amides is 2. The van der Waals surface area contributed by atoms with Crippen molar-refractivity contribution in [2.24, 2.45) is 0 Å². The Bertz CT molecular complexity index is 548. The molecule has 1 fully saturated rings. The Labute approximate surface area is 145 Å². The SMILES string of the molecule is CCCCc1ccc(NC(=O)C(=O)N(C)C2CCN(C)CC2)cc1. The van der Waals surface area contributed by atoms with Gasteiger partial charge in [0.1, 0.15) is 0 Å². The summed E-state index contributed by atoms with van der Waals surface area (Å²) >= 11 is 0. The molecule has 5 nitrogen and oxygen atoms in total. The first-order valence-corrected chi connectivity index (χ1v) is 8.87. The molecule has 1 aliphatic heterocycles. The Morgan fingerprint density at radius 3 is 2.42 bits per heavy atom. The summed E-state index contributed by atoms with van der Waals surface area (Å²) in [5.74, 6) is -1.02. The highest BCUT2D eigenvalue weighted by atomic mass is 16.2. The van der Waals surface area contributed by atoms with Crippen molar-refractivity contribution in [1.82, 2.24) is 9.80 Å². The molecular formula is C19H29N3O2. The molecule has 1 aromatic carbocycles. The van der Waals surface area contributed by atoms with Gasteiger partial charge in [0, 0.05) is 18.8 Å². The van der Waals surface area contributed by atoms with Gasteiger partial charge in [0.25, 0.3) is 0 Å². The van der Waals surface area contributed by atoms with Gasteiger partial charge in [-0.1, -0.05) is 25.5 Å². The second-order valence-electron chi connectivity index (χ2n) is 6.71. The first-order chi connectivity index (χ1) is 11.5. The fourth-order valence-corrected chi connectivity index (χ4v) is 3.03. The molecule has 0 aromatic heterocycles. The monoisotopic (exact) mass is 331 g/mol. The number of nitrogens with zero attached hydrogens (tertiary/aromatic N) is 2. The van der Waals surface area contributed by atoms with E-state index in [1.165, 1.54) is 5.56 Å². The van der Waals surface area contributed by atoms with Crippen LogP contribution in [0, 0.1) is 0 Å². The van der Waals surface area contributed by atoms with E-state index in [4.69, 9.17) is 0 Å². The first-order valence-electron chi connectivity index (χ1n) is 8.87. The molecule has 1 aliphatic rings. The van der Waals surface area contributed by atoms with E-state index in [2.05, 4.69) is 24.2 Å². The van der Waals surface area contributed by atoms with E-state index < -0.39 is 11.8 Å². The third kappa shape index (κ3) is 5.06. The van der Waals surface area contributed by atoms with Gasteiger partial charge in [-0.3, -0.25) is 9.59 Å². The molecule has 132 valence electrons. The van der Waals surface area contributed by atoms with Crippen LogP contribution in [0.5, 0.6) is 0 Å². The molecule has 1 aromatic rings. The van der Waals surface area contributed by atoms with Crippen LogP contribution in [0.2, 0.25) is 0 Å². The molecule has 0 spiro atoms. The number of piperidine rings is 1. The van der Waals surface area contributed by atoms with E-state index in [-0.39, 0.29) is 6.04 Å². The van der Waals surface area contributed by atoms with Crippen LogP contribution < -0.4 is 5.32 Å². The minimum absolute atomic E-state index is 0.149. The van der Waals surface area contributed by atoms with Gasteiger partial charge in [0.15, 0.2) is 0 Å². The van der Waals surface area contributed by atoms with Gasteiger partial charge in [-0.05, 0) is 63.5 Å². The van der Waals surface area contributed by atoms with Gasteiger partial charge in [-0.15, -0.1) is 0 Å². The van der Waals surface area contributed by atoms with Crippen LogP contribution in [0.3, 0.4) is 0 Å². The molecule has 0 unspecified atom stereocenters. The number of unbranched alkanes of at least 4 members (excludes halogenated alkanes) is 1. The zero-order valence-electron chi connectivity index (χ0n) is 15.0. The standard InChI is InChI=1S/C19H29N3O2/c1-4-5-6-15-7-9-16(10-8-15)20-18(23)19(24)22(3)17-11-13-21(2)14-12-17/h7-10,17H,4-6,11-14H2,1-3H3,(H,20,23). The Morgan fingerprint density at radius 2 is 1.83 bits per heavy atom. The first kappa shape index (κ1) is 18.5. The molecule has 1 saturated heterocycles. The van der Waals surface area contributed by atoms with Crippen molar-refractivity contribution >= 4 is 17.5 Å². The summed E-state index contributed by atoms with van der Waals surface area (Å²) in [5, 5.41) is 2.71. The molecule has 0 radical (unpaired) electrons. The summed E-state index contributed by atoms with van der Waals surface area (Å²) in [6, 6.07) is 7.90. The van der Waals surface area contributed by atoms with E-state index in [0.717, 1.165) is 45.2 Å². The topological polar surface area (TPSA) is 52.7 Å². The largest absolute Gasteiger partial charge is 0.334 e. The molecule has 0 aliphatic carbocycles. The third-order valence-electron chi connectivity index (χ3n) is 4.78. The molecule has 2 amide bonds. The lowest BCUT2D eigenvalue weighted by Crippen LogP contribution is -2.47. The van der Waals surface area contributed by atoms with Crippen molar-refractivity contribution < 1.29 is 9.59 Å². The van der Waals surface area contributed by atoms with Crippen molar-refractivity contribution in [2.45, 2.75) is 45.1 Å². The molecule has 2 rings (SSSR count). The number of aryl methyl sites for hydroxylation is 1. The van der Waals surface area contributed by atoms with Crippen LogP contribution in [-0.4, -0.2) is 54.8 Å². The molecule has 0 atom stereocenters. The molecule has 1 heterocycles. The Kier molecular flexibility index (Phi) is 6.79. The minimum atomic E-state index is -0.558. The number of hydrogen-bond donors (Lipinski definition) is 1. The fraction of sp³-hybridized carbons (Fsp3) is 0.579. The summed E-state index contributed by atoms with van der Waals surface area (Å²) in [6.45, 7) is 4.09. The van der Waals surface area contributed by atoms with Crippen LogP contribution in [0.4, 0.5) is 5.69 Å². The lowest BCUT2D eigenvalue weighted by Gasteiger charge is -2.34. The summed E-state index contributed by atoms with van der Waals surface area (Å²) in [6.07, 6.45) is 5.20. The summed E-state index contributed by atoms with van der Waals surface area (Å²) in [5.41, 5.74) is 1.93. The van der Waals surface area contributed by atoms with Gasteiger partial charge in [-0.25, -0.2) is 0 Å². The average molecular weight is 331 g/mol. The van der Waals surface area contributed by atoms with Gasteiger partial charge >= 0.3 is 11.8 Å². The van der Waals surface area contributed by atoms with E-state index >= 15 is 0 Å². The van der Waals surface area contributed by atoms with Crippen LogP contribution in [0.1, 0.15) is 38.2 Å². The smallest absolute Gasteiger partial charge is 0.313 e. The van der Waals surface area contributed by atoms with Gasteiger partial charge in [-0.2, -0.15) is 0 Å². The molecule has 0 bridgehead atoms. The highest BCUT2D eigenvalue weighted by molar-refractivity contribution is 6.39. The Balaban J connectivity index is 1.87. The Morgan fingerprint density at radius 1 is 1.21 bits per heavy atom. The van der Waals surface area contributed by atoms with Gasteiger partial charge in [0.2, 0.25) is 0 Å². The minimum Gasteiger partial charge on any atom is -0.334 e. The van der Waals surface area contributed by atoms with Crippen LogP contribution in [0.15, 0.2) is 24.3 Å². The number of carbonyl (C=O) groups is 2. The number of likely N-dealkylation sites (tertiary alicyclic amines) is 1. The van der Waals surface area contributed by atoms with Crippen LogP contribution in [-0.2, 0) is 16.0 Å².